The summed E-state index contributed by atoms with van der Waals surface area (Å²) in [5, 5.41) is 3.28. The van der Waals surface area contributed by atoms with Gasteiger partial charge in [-0.15, -0.1) is 0 Å². The van der Waals surface area contributed by atoms with Gasteiger partial charge in [0, 0.05) is 37.6 Å². The zero-order chi connectivity index (χ0) is 13.9. The van der Waals surface area contributed by atoms with Crippen LogP contribution in [0.4, 0.5) is 0 Å². The smallest absolute Gasteiger partial charge is 0.223 e. The Labute approximate surface area is 122 Å². The van der Waals surface area contributed by atoms with Crippen molar-refractivity contribution in [2.45, 2.75) is 63.5 Å². The summed E-state index contributed by atoms with van der Waals surface area (Å²) in [6.45, 7) is 3.61. The van der Waals surface area contributed by atoms with Crippen molar-refractivity contribution in [3.8, 4) is 0 Å². The van der Waals surface area contributed by atoms with E-state index in [4.69, 9.17) is 5.73 Å². The summed E-state index contributed by atoms with van der Waals surface area (Å²) >= 11 is 0. The quantitative estimate of drug-likeness (QED) is 0.820. The molecule has 2 unspecified atom stereocenters. The summed E-state index contributed by atoms with van der Waals surface area (Å²) in [6, 6.07) is 0.635. The minimum atomic E-state index is 0.170. The van der Waals surface area contributed by atoms with Crippen molar-refractivity contribution in [3.05, 3.63) is 0 Å². The van der Waals surface area contributed by atoms with Gasteiger partial charge in [0.2, 0.25) is 5.91 Å². The molecule has 0 aromatic heterocycles. The van der Waals surface area contributed by atoms with Crippen molar-refractivity contribution in [2.75, 3.05) is 19.6 Å². The maximum atomic E-state index is 12.3. The Balaban J connectivity index is 1.38. The summed E-state index contributed by atoms with van der Waals surface area (Å²) in [5.41, 5.74) is 5.98. The summed E-state index contributed by atoms with van der Waals surface area (Å²) < 4.78 is 0. The summed E-state index contributed by atoms with van der Waals surface area (Å²) in [6.07, 6.45) is 9.21. The van der Waals surface area contributed by atoms with Crippen LogP contribution in [0, 0.1) is 11.8 Å². The third-order valence-corrected chi connectivity index (χ3v) is 5.23. The van der Waals surface area contributed by atoms with E-state index in [1.54, 1.807) is 0 Å². The van der Waals surface area contributed by atoms with Crippen molar-refractivity contribution < 1.29 is 4.79 Å². The highest BCUT2D eigenvalue weighted by Crippen LogP contribution is 2.30. The van der Waals surface area contributed by atoms with Crippen molar-refractivity contribution in [2.24, 2.45) is 17.6 Å². The van der Waals surface area contributed by atoms with Crippen LogP contribution in [0.25, 0.3) is 0 Å². The third kappa shape index (κ3) is 3.95. The van der Waals surface area contributed by atoms with E-state index in [9.17, 15) is 4.79 Å². The van der Waals surface area contributed by atoms with Crippen molar-refractivity contribution in [1.82, 2.24) is 10.2 Å². The maximum Gasteiger partial charge on any atom is 0.223 e. The van der Waals surface area contributed by atoms with Crippen molar-refractivity contribution in [3.63, 3.8) is 0 Å². The van der Waals surface area contributed by atoms with Gasteiger partial charge in [0.15, 0.2) is 0 Å². The maximum absolute atomic E-state index is 12.3. The SMILES string of the molecule is NC1CCCC(C(=O)NC2CCN(CC3CC3)CC2)C1. The zero-order valence-electron chi connectivity index (χ0n) is 12.5. The number of carbonyl (C=O) groups excluding carboxylic acids is 1. The fourth-order valence-corrected chi connectivity index (χ4v) is 3.71. The molecule has 3 fully saturated rings. The number of nitrogens with two attached hydrogens (primary N) is 1. The summed E-state index contributed by atoms with van der Waals surface area (Å²) in [5.74, 6) is 1.41. The highest BCUT2D eigenvalue weighted by Gasteiger charge is 2.30. The molecule has 1 saturated heterocycles. The number of hydrogen-bond acceptors (Lipinski definition) is 3. The number of rotatable bonds is 4. The lowest BCUT2D eigenvalue weighted by Gasteiger charge is -2.34. The van der Waals surface area contributed by atoms with Crippen molar-refractivity contribution >= 4 is 5.91 Å². The topological polar surface area (TPSA) is 58.4 Å². The van der Waals surface area contributed by atoms with E-state index in [0.717, 1.165) is 57.5 Å². The average molecular weight is 279 g/mol. The van der Waals surface area contributed by atoms with E-state index in [-0.39, 0.29) is 17.9 Å². The Bertz CT molecular complexity index is 335. The first-order chi connectivity index (χ1) is 9.70. The number of nitrogens with one attached hydrogen (secondary N) is 1. The summed E-state index contributed by atoms with van der Waals surface area (Å²) in [7, 11) is 0. The molecule has 20 heavy (non-hydrogen) atoms. The van der Waals surface area contributed by atoms with Gasteiger partial charge in [0.25, 0.3) is 0 Å². The van der Waals surface area contributed by atoms with E-state index in [2.05, 4.69) is 10.2 Å². The molecular formula is C16H29N3O. The predicted molar refractivity (Wildman–Crippen MR) is 80.3 cm³/mol. The highest BCUT2D eigenvalue weighted by atomic mass is 16.1. The van der Waals surface area contributed by atoms with Gasteiger partial charge < -0.3 is 16.0 Å². The first-order valence-electron chi connectivity index (χ1n) is 8.49. The molecule has 114 valence electrons. The molecule has 2 atom stereocenters. The first-order valence-corrected chi connectivity index (χ1v) is 8.49. The largest absolute Gasteiger partial charge is 0.353 e. The normalized spacial score (nSPS) is 33.0. The van der Waals surface area contributed by atoms with Crippen LogP contribution in [-0.4, -0.2) is 42.5 Å². The molecule has 0 aromatic rings. The molecule has 3 aliphatic rings. The van der Waals surface area contributed by atoms with Gasteiger partial charge >= 0.3 is 0 Å². The Morgan fingerprint density at radius 2 is 1.85 bits per heavy atom. The number of amides is 1. The minimum absolute atomic E-state index is 0.170. The Morgan fingerprint density at radius 1 is 1.10 bits per heavy atom. The monoisotopic (exact) mass is 279 g/mol. The number of likely N-dealkylation sites (tertiary alicyclic amines) is 1. The standard InChI is InChI=1S/C16H29N3O/c17-14-3-1-2-13(10-14)16(20)18-15-6-8-19(9-7-15)11-12-4-5-12/h12-15H,1-11,17H2,(H,18,20). The van der Waals surface area contributed by atoms with Crippen LogP contribution in [0.3, 0.4) is 0 Å². The zero-order valence-corrected chi connectivity index (χ0v) is 12.5. The molecule has 0 bridgehead atoms. The number of carbonyl (C=O) groups is 1. The lowest BCUT2D eigenvalue weighted by Crippen LogP contribution is -2.47. The van der Waals surface area contributed by atoms with E-state index < -0.39 is 0 Å². The van der Waals surface area contributed by atoms with Crippen LogP contribution >= 0.6 is 0 Å². The second kappa shape index (κ2) is 6.44. The van der Waals surface area contributed by atoms with Gasteiger partial charge in [-0.2, -0.15) is 0 Å². The van der Waals surface area contributed by atoms with Gasteiger partial charge in [0.1, 0.15) is 0 Å². The van der Waals surface area contributed by atoms with Gasteiger partial charge in [-0.3, -0.25) is 4.79 Å². The Kier molecular flexibility index (Phi) is 4.61. The average Bonchev–Trinajstić information content (AvgIpc) is 3.25. The van der Waals surface area contributed by atoms with Crippen LogP contribution in [0.15, 0.2) is 0 Å². The predicted octanol–water partition coefficient (Wildman–Crippen LogP) is 1.49. The highest BCUT2D eigenvalue weighted by molar-refractivity contribution is 5.79. The molecule has 3 N–H and O–H groups in total. The van der Waals surface area contributed by atoms with Gasteiger partial charge in [0.05, 0.1) is 0 Å². The fraction of sp³-hybridized carbons (Fsp3) is 0.938. The van der Waals surface area contributed by atoms with Crippen LogP contribution in [0.5, 0.6) is 0 Å². The molecule has 0 aromatic carbocycles. The number of piperidine rings is 1. The molecule has 1 amide bonds. The van der Waals surface area contributed by atoms with Gasteiger partial charge in [-0.1, -0.05) is 6.42 Å². The molecule has 2 aliphatic carbocycles. The Hall–Kier alpha value is -0.610. The molecule has 2 saturated carbocycles. The molecule has 4 nitrogen and oxygen atoms in total. The van der Waals surface area contributed by atoms with Crippen molar-refractivity contribution in [1.29, 1.82) is 0 Å². The molecule has 3 rings (SSSR count). The Morgan fingerprint density at radius 3 is 2.50 bits per heavy atom. The van der Waals surface area contributed by atoms with Gasteiger partial charge in [-0.25, -0.2) is 0 Å². The lowest BCUT2D eigenvalue weighted by molar-refractivity contribution is -0.127. The van der Waals surface area contributed by atoms with Crippen LogP contribution in [0.2, 0.25) is 0 Å². The number of nitrogens with zero attached hydrogens (tertiary/aromatic N) is 1. The van der Waals surface area contributed by atoms with Crippen LogP contribution < -0.4 is 11.1 Å². The van der Waals surface area contributed by atoms with Gasteiger partial charge in [-0.05, 0) is 50.9 Å². The van der Waals surface area contributed by atoms with E-state index in [0.29, 0.717) is 6.04 Å². The minimum Gasteiger partial charge on any atom is -0.353 e. The fourth-order valence-electron chi connectivity index (χ4n) is 3.71. The van der Waals surface area contributed by atoms with Crippen LogP contribution in [-0.2, 0) is 4.79 Å². The molecule has 1 aliphatic heterocycles. The summed E-state index contributed by atoms with van der Waals surface area (Å²) in [4.78, 5) is 14.9. The molecular weight excluding hydrogens is 250 g/mol. The van der Waals surface area contributed by atoms with E-state index in [1.165, 1.54) is 19.4 Å². The molecule has 4 heteroatoms. The first kappa shape index (κ1) is 14.3. The molecule has 0 spiro atoms. The third-order valence-electron chi connectivity index (χ3n) is 5.23. The molecule has 1 heterocycles. The lowest BCUT2D eigenvalue weighted by atomic mass is 9.85. The number of hydrogen-bond donors (Lipinski definition) is 2. The van der Waals surface area contributed by atoms with E-state index in [1.807, 2.05) is 0 Å². The van der Waals surface area contributed by atoms with E-state index >= 15 is 0 Å². The second-order valence-electron chi connectivity index (χ2n) is 7.15. The van der Waals surface area contributed by atoms with Crippen LogP contribution in [0.1, 0.15) is 51.4 Å². The molecule has 0 radical (unpaired) electrons. The second-order valence-corrected chi connectivity index (χ2v) is 7.15.